The molecule has 4 atom stereocenters. The Morgan fingerprint density at radius 3 is 2.20 bits per heavy atom. The smallest absolute Gasteiger partial charge is 0.309 e. The number of benzene rings is 3. The largest absolute Gasteiger partial charge is 0.463 e. The van der Waals surface area contributed by atoms with Crippen molar-refractivity contribution in [2.45, 2.75) is 57.2 Å². The second-order valence-corrected chi connectivity index (χ2v) is 11.5. The molecule has 3 N–H and O–H groups in total. The summed E-state index contributed by atoms with van der Waals surface area (Å²) in [5, 5.41) is 15.8. The van der Waals surface area contributed by atoms with E-state index in [1.807, 2.05) is 103 Å². The molecular weight excluding hydrogens is 568 g/mol. The van der Waals surface area contributed by atoms with Gasteiger partial charge in [-0.05, 0) is 48.8 Å². The van der Waals surface area contributed by atoms with Crippen LogP contribution in [0.15, 0.2) is 103 Å². The van der Waals surface area contributed by atoms with Crippen LogP contribution in [0, 0.1) is 11.8 Å². The quantitative estimate of drug-likeness (QED) is 0.204. The molecule has 0 saturated heterocycles. The fourth-order valence-electron chi connectivity index (χ4n) is 5.38. The Morgan fingerprint density at radius 2 is 1.53 bits per heavy atom. The van der Waals surface area contributed by atoms with E-state index in [9.17, 15) is 19.5 Å². The first kappa shape index (κ1) is 33.6. The molecular formula is C37H44N2O6. The molecule has 238 valence electrons. The van der Waals surface area contributed by atoms with E-state index in [2.05, 4.69) is 10.6 Å². The molecule has 1 heterocycles. The Bertz CT molecular complexity index is 1350. The number of ether oxygens (including phenoxy) is 2. The fourth-order valence-corrected chi connectivity index (χ4v) is 5.38. The second-order valence-electron chi connectivity index (χ2n) is 11.5. The number of carbonyl (C=O) groups is 3. The van der Waals surface area contributed by atoms with Gasteiger partial charge >= 0.3 is 5.97 Å². The molecule has 0 unspecified atom stereocenters. The molecule has 0 radical (unpaired) electrons. The van der Waals surface area contributed by atoms with Crippen LogP contribution in [0.4, 0.5) is 0 Å². The van der Waals surface area contributed by atoms with Gasteiger partial charge in [0.15, 0.2) is 0 Å². The molecule has 4 rings (SSSR count). The normalized spacial score (nSPS) is 20.1. The zero-order chi connectivity index (χ0) is 31.7. The fraction of sp³-hybridized carbons (Fsp3) is 0.378. The minimum absolute atomic E-state index is 0.0410. The van der Waals surface area contributed by atoms with Crippen LogP contribution in [-0.2, 0) is 43.3 Å². The molecule has 0 saturated carbocycles. The number of aliphatic hydroxyl groups is 1. The highest BCUT2D eigenvalue weighted by molar-refractivity contribution is 5.86. The topological polar surface area (TPSA) is 114 Å². The van der Waals surface area contributed by atoms with Crippen molar-refractivity contribution in [1.82, 2.24) is 10.6 Å². The summed E-state index contributed by atoms with van der Waals surface area (Å²) < 4.78 is 11.7. The van der Waals surface area contributed by atoms with Gasteiger partial charge in [-0.25, -0.2) is 0 Å². The zero-order valence-electron chi connectivity index (χ0n) is 25.7. The van der Waals surface area contributed by atoms with E-state index in [0.717, 1.165) is 16.7 Å². The number of esters is 1. The first-order valence-electron chi connectivity index (χ1n) is 15.7. The minimum atomic E-state index is -0.648. The SMILES string of the molecule is O=C(C[C@H]1CC=CCC[C@H](Cc2ccccc2)C(=O)OC[C@H](COCc2ccccc2)NC1=O)N[C@H](CO)Cc1ccccc1. The summed E-state index contributed by atoms with van der Waals surface area (Å²) in [6, 6.07) is 28.1. The van der Waals surface area contributed by atoms with Crippen molar-refractivity contribution in [2.24, 2.45) is 11.8 Å². The number of hydrogen-bond acceptors (Lipinski definition) is 6. The van der Waals surface area contributed by atoms with E-state index in [4.69, 9.17) is 9.47 Å². The Labute approximate surface area is 265 Å². The average Bonchev–Trinajstić information content (AvgIpc) is 3.07. The lowest BCUT2D eigenvalue weighted by atomic mass is 9.94. The first-order chi connectivity index (χ1) is 22.0. The number of hydrogen-bond donors (Lipinski definition) is 3. The van der Waals surface area contributed by atoms with Gasteiger partial charge in [0.25, 0.3) is 0 Å². The van der Waals surface area contributed by atoms with Crippen LogP contribution in [0.3, 0.4) is 0 Å². The van der Waals surface area contributed by atoms with Gasteiger partial charge in [0, 0.05) is 6.42 Å². The van der Waals surface area contributed by atoms with Gasteiger partial charge in [-0.3, -0.25) is 14.4 Å². The maximum absolute atomic E-state index is 13.6. The molecule has 45 heavy (non-hydrogen) atoms. The van der Waals surface area contributed by atoms with Gasteiger partial charge in [-0.2, -0.15) is 0 Å². The van der Waals surface area contributed by atoms with Gasteiger partial charge in [0.05, 0.1) is 43.7 Å². The van der Waals surface area contributed by atoms with Crippen LogP contribution in [-0.4, -0.2) is 54.8 Å². The van der Waals surface area contributed by atoms with Crippen LogP contribution in [0.1, 0.15) is 42.4 Å². The number of cyclic esters (lactones) is 1. The summed E-state index contributed by atoms with van der Waals surface area (Å²) in [5.41, 5.74) is 3.04. The number of rotatable bonds is 12. The van der Waals surface area contributed by atoms with Crippen molar-refractivity contribution < 1.29 is 29.0 Å². The van der Waals surface area contributed by atoms with Crippen molar-refractivity contribution in [3.8, 4) is 0 Å². The van der Waals surface area contributed by atoms with Crippen molar-refractivity contribution in [1.29, 1.82) is 0 Å². The van der Waals surface area contributed by atoms with Crippen LogP contribution in [0.2, 0.25) is 0 Å². The van der Waals surface area contributed by atoms with Crippen LogP contribution in [0.5, 0.6) is 0 Å². The monoisotopic (exact) mass is 612 g/mol. The molecule has 0 aliphatic carbocycles. The van der Waals surface area contributed by atoms with E-state index in [1.54, 1.807) is 0 Å². The first-order valence-corrected chi connectivity index (χ1v) is 15.7. The predicted octanol–water partition coefficient (Wildman–Crippen LogP) is 4.56. The molecule has 3 aromatic carbocycles. The predicted molar refractivity (Wildman–Crippen MR) is 173 cm³/mol. The van der Waals surface area contributed by atoms with Gasteiger partial charge in [0.1, 0.15) is 6.61 Å². The van der Waals surface area contributed by atoms with Gasteiger partial charge in [-0.15, -0.1) is 0 Å². The molecule has 0 bridgehead atoms. The summed E-state index contributed by atoms with van der Waals surface area (Å²) in [5.74, 6) is -1.92. The standard InChI is InChI=1S/C37H44N2O6/c40-24-33(22-29-15-7-2-8-16-29)38-35(41)23-31-19-11-4-12-20-32(21-28-13-5-1-6-14-28)37(43)45-27-34(39-36(31)42)26-44-25-30-17-9-3-10-18-30/h1-11,13-18,31-34,40H,12,19-27H2,(H,38,41)(H,39,42)/t31-,32-,33+,34+/m1/s1. The molecule has 0 aromatic heterocycles. The summed E-state index contributed by atoms with van der Waals surface area (Å²) in [4.78, 5) is 39.9. The Morgan fingerprint density at radius 1 is 0.889 bits per heavy atom. The third-order valence-electron chi connectivity index (χ3n) is 7.84. The molecule has 8 heteroatoms. The van der Waals surface area contributed by atoms with E-state index in [-0.39, 0.29) is 49.9 Å². The summed E-state index contributed by atoms with van der Waals surface area (Å²) in [7, 11) is 0. The molecule has 8 nitrogen and oxygen atoms in total. The van der Waals surface area contributed by atoms with Gasteiger partial charge < -0.3 is 25.2 Å². The summed E-state index contributed by atoms with van der Waals surface area (Å²) >= 11 is 0. The number of allylic oxidation sites excluding steroid dienone is 2. The highest BCUT2D eigenvalue weighted by Gasteiger charge is 2.27. The summed E-state index contributed by atoms with van der Waals surface area (Å²) in [6.07, 6.45) is 6.47. The van der Waals surface area contributed by atoms with Crippen LogP contribution >= 0.6 is 0 Å². The number of carbonyl (C=O) groups excluding carboxylic acids is 3. The van der Waals surface area contributed by atoms with Crippen LogP contribution in [0.25, 0.3) is 0 Å². The number of amides is 2. The van der Waals surface area contributed by atoms with Crippen molar-refractivity contribution in [3.63, 3.8) is 0 Å². The van der Waals surface area contributed by atoms with Crippen molar-refractivity contribution in [3.05, 3.63) is 120 Å². The molecule has 0 spiro atoms. The van der Waals surface area contributed by atoms with Crippen LogP contribution < -0.4 is 10.6 Å². The number of nitrogens with one attached hydrogen (secondary N) is 2. The number of aliphatic hydroxyl groups excluding tert-OH is 1. The Hall–Kier alpha value is -4.27. The Kier molecular flexibility index (Phi) is 13.8. The molecule has 1 aliphatic rings. The van der Waals surface area contributed by atoms with Crippen molar-refractivity contribution >= 4 is 17.8 Å². The van der Waals surface area contributed by atoms with Crippen molar-refractivity contribution in [2.75, 3.05) is 19.8 Å². The highest BCUT2D eigenvalue weighted by atomic mass is 16.5. The molecule has 2 amide bonds. The molecule has 0 fully saturated rings. The maximum atomic E-state index is 13.6. The summed E-state index contributed by atoms with van der Waals surface area (Å²) in [6.45, 7) is 0.223. The zero-order valence-corrected chi connectivity index (χ0v) is 25.7. The molecule has 3 aromatic rings. The van der Waals surface area contributed by atoms with Gasteiger partial charge in [0.2, 0.25) is 11.8 Å². The van der Waals surface area contributed by atoms with E-state index < -0.39 is 18.0 Å². The minimum Gasteiger partial charge on any atom is -0.463 e. The molecule has 1 aliphatic heterocycles. The lowest BCUT2D eigenvalue weighted by Crippen LogP contribution is -2.46. The van der Waals surface area contributed by atoms with Gasteiger partial charge in [-0.1, -0.05) is 103 Å². The van der Waals surface area contributed by atoms with E-state index in [0.29, 0.717) is 38.7 Å². The third-order valence-corrected chi connectivity index (χ3v) is 7.84. The van der Waals surface area contributed by atoms with E-state index in [1.165, 1.54) is 0 Å². The lowest BCUT2D eigenvalue weighted by Gasteiger charge is -2.24. The van der Waals surface area contributed by atoms with E-state index >= 15 is 0 Å². The second kappa shape index (κ2) is 18.5. The highest BCUT2D eigenvalue weighted by Crippen LogP contribution is 2.19. The average molecular weight is 613 g/mol. The maximum Gasteiger partial charge on any atom is 0.309 e. The Balaban J connectivity index is 1.44. The third kappa shape index (κ3) is 12.0. The lowest BCUT2D eigenvalue weighted by molar-refractivity contribution is -0.150.